The van der Waals surface area contributed by atoms with Gasteiger partial charge < -0.3 is 14.8 Å². The van der Waals surface area contributed by atoms with E-state index < -0.39 is 44.4 Å². The molecular weight excluding hydrogens is 284 g/mol. The smallest absolute Gasteiger partial charge is 0.328 e. The van der Waals surface area contributed by atoms with E-state index in [2.05, 4.69) is 5.16 Å². The van der Waals surface area contributed by atoms with Crippen LogP contribution in [0, 0.1) is 0 Å². The van der Waals surface area contributed by atoms with Gasteiger partial charge in [0.1, 0.15) is 11.6 Å². The number of hydrogen-bond acceptors (Lipinski definition) is 5. The van der Waals surface area contributed by atoms with Crippen LogP contribution in [0.25, 0.3) is 0 Å². The molecule has 2 heterocycles. The van der Waals surface area contributed by atoms with Gasteiger partial charge in [-0.05, 0) is 34.6 Å². The van der Waals surface area contributed by atoms with Crippen LogP contribution >= 0.6 is 0 Å². The van der Waals surface area contributed by atoms with Gasteiger partial charge in [0.2, 0.25) is 0 Å². The Labute approximate surface area is 119 Å². The van der Waals surface area contributed by atoms with Crippen LogP contribution in [-0.4, -0.2) is 53.6 Å². The molecule has 0 spiro atoms. The van der Waals surface area contributed by atoms with Gasteiger partial charge >= 0.3 is 5.97 Å². The lowest BCUT2D eigenvalue weighted by molar-refractivity contribution is -0.150. The van der Waals surface area contributed by atoms with Crippen molar-refractivity contribution in [2.45, 2.75) is 56.4 Å². The number of carboxylic acids is 1. The number of rotatable bonds is 2. The van der Waals surface area contributed by atoms with Crippen molar-refractivity contribution in [3.05, 3.63) is 0 Å². The summed E-state index contributed by atoms with van der Waals surface area (Å²) in [6.45, 7) is 8.47. The van der Waals surface area contributed by atoms with E-state index in [-0.39, 0.29) is 5.71 Å². The maximum atomic E-state index is 12.4. The van der Waals surface area contributed by atoms with Gasteiger partial charge in [-0.15, -0.1) is 0 Å². The molecule has 1 amide bonds. The summed E-state index contributed by atoms with van der Waals surface area (Å²) in [5.74, 6) is -1.68. The lowest BCUT2D eigenvalue weighted by Gasteiger charge is -2.36. The molecular formula is C12H18N2O5S. The minimum Gasteiger partial charge on any atom is -0.480 e. The van der Waals surface area contributed by atoms with Crippen molar-refractivity contribution in [3.63, 3.8) is 0 Å². The second kappa shape index (κ2) is 4.28. The van der Waals surface area contributed by atoms with Crippen molar-refractivity contribution in [2.75, 3.05) is 0 Å². The van der Waals surface area contributed by atoms with Crippen LogP contribution in [0.3, 0.4) is 0 Å². The first-order chi connectivity index (χ1) is 8.98. The van der Waals surface area contributed by atoms with Crippen molar-refractivity contribution in [2.24, 2.45) is 5.16 Å². The van der Waals surface area contributed by atoms with Gasteiger partial charge in [0.15, 0.2) is 11.1 Å². The first-order valence-corrected chi connectivity index (χ1v) is 7.42. The summed E-state index contributed by atoms with van der Waals surface area (Å²) in [6, 6.07) is -1.10. The van der Waals surface area contributed by atoms with Gasteiger partial charge in [0.25, 0.3) is 5.91 Å². The Balaban J connectivity index is 2.33. The Morgan fingerprint density at radius 2 is 2.00 bits per heavy atom. The van der Waals surface area contributed by atoms with E-state index in [0.717, 1.165) is 4.90 Å². The molecule has 1 N–H and O–H groups in total. The largest absolute Gasteiger partial charge is 0.480 e. The van der Waals surface area contributed by atoms with E-state index in [9.17, 15) is 18.9 Å². The number of β-lactam (4-membered cyclic amide) rings is 1. The number of nitrogens with zero attached hydrogens (tertiary/aromatic N) is 2. The third-order valence-corrected chi connectivity index (χ3v) is 5.37. The van der Waals surface area contributed by atoms with Crippen molar-refractivity contribution in [1.82, 2.24) is 4.90 Å². The average molecular weight is 302 g/mol. The minimum atomic E-state index is -1.54. The Bertz CT molecular complexity index is 534. The van der Waals surface area contributed by atoms with Crippen LogP contribution in [0.4, 0.5) is 0 Å². The fourth-order valence-corrected chi connectivity index (χ4v) is 4.07. The summed E-state index contributed by atoms with van der Waals surface area (Å²) in [4.78, 5) is 29.7. The van der Waals surface area contributed by atoms with E-state index >= 15 is 0 Å². The monoisotopic (exact) mass is 302 g/mol. The topological polar surface area (TPSA) is 96.3 Å². The molecule has 2 saturated heterocycles. The highest BCUT2D eigenvalue weighted by Crippen LogP contribution is 2.42. The third-order valence-electron chi connectivity index (χ3n) is 3.25. The molecule has 3 atom stereocenters. The highest BCUT2D eigenvalue weighted by Gasteiger charge is 2.67. The van der Waals surface area contributed by atoms with Gasteiger partial charge in [-0.25, -0.2) is 4.79 Å². The van der Waals surface area contributed by atoms with Crippen molar-refractivity contribution in [1.29, 1.82) is 0 Å². The number of fused-ring (bicyclic) bond motifs is 1. The summed E-state index contributed by atoms with van der Waals surface area (Å²) in [5, 5.41) is 12.2. The van der Waals surface area contributed by atoms with E-state index in [1.54, 1.807) is 34.6 Å². The standard InChI is InChI=1S/C12H18N2O5S/c1-11(2,3)19-13-6-8(15)14-7(10(16)17)12(4,5)20(18)9(6)14/h7,9H,1-5H3,(H,16,17)/b13-6+/t7-,9+,20?/m0/s1. The van der Waals surface area contributed by atoms with Gasteiger partial charge in [0.05, 0.1) is 15.5 Å². The van der Waals surface area contributed by atoms with Crippen molar-refractivity contribution in [3.8, 4) is 0 Å². The summed E-state index contributed by atoms with van der Waals surface area (Å²) in [5.41, 5.74) is -0.537. The molecule has 112 valence electrons. The Kier molecular flexibility index (Phi) is 3.20. The fourth-order valence-electron chi connectivity index (χ4n) is 2.29. The summed E-state index contributed by atoms with van der Waals surface area (Å²) < 4.78 is 11.4. The van der Waals surface area contributed by atoms with Crippen LogP contribution in [0.15, 0.2) is 5.16 Å². The number of carbonyl (C=O) groups excluding carboxylic acids is 1. The van der Waals surface area contributed by atoms with Crippen LogP contribution in [-0.2, 0) is 25.2 Å². The van der Waals surface area contributed by atoms with Crippen LogP contribution < -0.4 is 0 Å². The average Bonchev–Trinajstić information content (AvgIpc) is 2.45. The Morgan fingerprint density at radius 1 is 1.45 bits per heavy atom. The van der Waals surface area contributed by atoms with E-state index in [4.69, 9.17) is 4.84 Å². The molecule has 0 radical (unpaired) electrons. The SMILES string of the molecule is CC(C)(C)O/N=C1\C(=O)N2[C@@H]1S(=O)C(C)(C)[C@@H]2C(=O)O. The Hall–Kier alpha value is -1.44. The molecule has 0 bridgehead atoms. The molecule has 2 fully saturated rings. The number of oxime groups is 1. The maximum Gasteiger partial charge on any atom is 0.328 e. The highest BCUT2D eigenvalue weighted by atomic mass is 32.2. The number of carbonyl (C=O) groups is 2. The van der Waals surface area contributed by atoms with Crippen LogP contribution in [0.1, 0.15) is 34.6 Å². The highest BCUT2D eigenvalue weighted by molar-refractivity contribution is 7.88. The van der Waals surface area contributed by atoms with Crippen LogP contribution in [0.5, 0.6) is 0 Å². The van der Waals surface area contributed by atoms with Crippen molar-refractivity contribution >= 4 is 28.4 Å². The molecule has 0 aliphatic carbocycles. The zero-order chi connectivity index (χ0) is 15.5. The summed E-state index contributed by atoms with van der Waals surface area (Å²) >= 11 is 0. The number of amides is 1. The predicted octanol–water partition coefficient (Wildman–Crippen LogP) is 0.320. The molecule has 0 aromatic heterocycles. The molecule has 20 heavy (non-hydrogen) atoms. The predicted molar refractivity (Wildman–Crippen MR) is 72.6 cm³/mol. The summed E-state index contributed by atoms with van der Waals surface area (Å²) in [7, 11) is -1.54. The second-order valence-corrected chi connectivity index (χ2v) is 8.48. The van der Waals surface area contributed by atoms with E-state index in [1.165, 1.54) is 0 Å². The molecule has 2 aliphatic rings. The molecule has 7 nitrogen and oxygen atoms in total. The second-order valence-electron chi connectivity index (χ2n) is 6.39. The number of hydrogen-bond donors (Lipinski definition) is 1. The minimum absolute atomic E-state index is 0.0371. The molecule has 0 aromatic carbocycles. The molecule has 2 aliphatic heterocycles. The lowest BCUT2D eigenvalue weighted by atomic mass is 9.98. The van der Waals surface area contributed by atoms with Gasteiger partial charge in [-0.3, -0.25) is 9.00 Å². The Morgan fingerprint density at radius 3 is 2.45 bits per heavy atom. The normalized spacial score (nSPS) is 33.9. The first-order valence-electron chi connectivity index (χ1n) is 6.20. The van der Waals surface area contributed by atoms with E-state index in [1.807, 2.05) is 0 Å². The molecule has 0 aromatic rings. The van der Waals surface area contributed by atoms with Crippen molar-refractivity contribution < 1.29 is 23.7 Å². The van der Waals surface area contributed by atoms with Gasteiger partial charge in [0, 0.05) is 0 Å². The third kappa shape index (κ3) is 2.02. The van der Waals surface area contributed by atoms with Crippen LogP contribution in [0.2, 0.25) is 0 Å². The summed E-state index contributed by atoms with van der Waals surface area (Å²) in [6.07, 6.45) is 0. The zero-order valence-electron chi connectivity index (χ0n) is 12.0. The lowest BCUT2D eigenvalue weighted by Crippen LogP contribution is -2.64. The zero-order valence-corrected chi connectivity index (χ0v) is 12.9. The molecule has 0 saturated carbocycles. The first kappa shape index (κ1) is 15.0. The van der Waals surface area contributed by atoms with E-state index in [0.29, 0.717) is 0 Å². The molecule has 2 rings (SSSR count). The van der Waals surface area contributed by atoms with Gasteiger partial charge in [-0.2, -0.15) is 0 Å². The molecule has 1 unspecified atom stereocenters. The fraction of sp³-hybridized carbons (Fsp3) is 0.750. The number of carboxylic acid groups (broad SMARTS) is 1. The number of aliphatic carboxylic acids is 1. The maximum absolute atomic E-state index is 12.4. The quantitative estimate of drug-likeness (QED) is 0.585. The molecule has 8 heteroatoms. The van der Waals surface area contributed by atoms with Gasteiger partial charge in [-0.1, -0.05) is 5.16 Å².